The number of rotatable bonds is 39. The zero-order chi connectivity index (χ0) is 35.2. The summed E-state index contributed by atoms with van der Waals surface area (Å²) in [5, 5.41) is 8.64. The van der Waals surface area contributed by atoms with Gasteiger partial charge < -0.3 is 9.84 Å². The van der Waals surface area contributed by atoms with Crippen molar-refractivity contribution in [2.24, 2.45) is 0 Å². The van der Waals surface area contributed by atoms with E-state index in [1.165, 1.54) is 135 Å². The average Bonchev–Trinajstić information content (AvgIpc) is 3.06. The Morgan fingerprint density at radius 1 is 0.333 bits per heavy atom. The number of unbranched alkanes of at least 4 members (excludes halogenated alkanes) is 29. The number of Topliss-reactive ketones (excluding diaryl/α,β-unsaturated/α-hetero) is 1. The first-order valence-electron chi connectivity index (χ1n) is 20.9. The van der Waals surface area contributed by atoms with Gasteiger partial charge in [0.05, 0.1) is 0 Å². The molecule has 48 heavy (non-hydrogen) atoms. The Morgan fingerprint density at radius 3 is 0.833 bits per heavy atom. The number of carbonyl (C=O) groups excluding carboxylic acids is 3. The summed E-state index contributed by atoms with van der Waals surface area (Å²) in [4.78, 5) is 46.5. The second kappa shape index (κ2) is 38.1. The maximum Gasteiger partial charge on any atom is 0.313 e. The van der Waals surface area contributed by atoms with Gasteiger partial charge in [-0.05, 0) is 32.1 Å². The van der Waals surface area contributed by atoms with E-state index in [2.05, 4.69) is 6.92 Å². The molecule has 0 amide bonds. The van der Waals surface area contributed by atoms with E-state index in [9.17, 15) is 19.2 Å². The number of carbonyl (C=O) groups is 4. The van der Waals surface area contributed by atoms with Crippen LogP contribution in [0.5, 0.6) is 0 Å². The van der Waals surface area contributed by atoms with Crippen molar-refractivity contribution < 1.29 is 29.0 Å². The van der Waals surface area contributed by atoms with E-state index in [0.29, 0.717) is 25.0 Å². The van der Waals surface area contributed by atoms with Crippen LogP contribution in [0.25, 0.3) is 0 Å². The third-order valence-corrected chi connectivity index (χ3v) is 9.64. The Kier molecular flexibility index (Phi) is 36.7. The van der Waals surface area contributed by atoms with E-state index in [4.69, 9.17) is 9.84 Å². The van der Waals surface area contributed by atoms with E-state index in [-0.39, 0.29) is 11.9 Å². The molecule has 0 aliphatic rings. The molecule has 1 N–H and O–H groups in total. The van der Waals surface area contributed by atoms with Gasteiger partial charge in [0, 0.05) is 32.1 Å². The summed E-state index contributed by atoms with van der Waals surface area (Å²) in [6, 6.07) is 0. The van der Waals surface area contributed by atoms with E-state index >= 15 is 0 Å². The summed E-state index contributed by atoms with van der Waals surface area (Å²) in [5.74, 6) is -0.952. The van der Waals surface area contributed by atoms with Gasteiger partial charge in [-0.2, -0.15) is 0 Å². The summed E-state index contributed by atoms with van der Waals surface area (Å²) in [6.45, 7) is 2.25. The lowest BCUT2D eigenvalue weighted by atomic mass is 10.0. The van der Waals surface area contributed by atoms with Gasteiger partial charge in [0.15, 0.2) is 0 Å². The van der Waals surface area contributed by atoms with Crippen molar-refractivity contribution in [2.75, 3.05) is 0 Å². The molecule has 0 saturated heterocycles. The fraction of sp³-hybridized carbons (Fsp3) is 0.905. The monoisotopic (exact) mass is 679 g/mol. The molecule has 0 radical (unpaired) electrons. The van der Waals surface area contributed by atoms with Crippen LogP contribution in [0.3, 0.4) is 0 Å². The number of carboxylic acid groups (broad SMARTS) is 1. The molecule has 0 aromatic rings. The number of hydrogen-bond donors (Lipinski definition) is 1. The summed E-state index contributed by atoms with van der Waals surface area (Å²) in [6.07, 6.45) is 40.3. The van der Waals surface area contributed by atoms with Crippen molar-refractivity contribution in [1.82, 2.24) is 0 Å². The van der Waals surface area contributed by atoms with Gasteiger partial charge in [0.1, 0.15) is 5.78 Å². The highest BCUT2D eigenvalue weighted by molar-refractivity contribution is 5.85. The van der Waals surface area contributed by atoms with Crippen LogP contribution >= 0.6 is 0 Å². The molecule has 0 rings (SSSR count). The summed E-state index contributed by atoms with van der Waals surface area (Å²) in [5.41, 5.74) is 0. The highest BCUT2D eigenvalue weighted by Crippen LogP contribution is 2.16. The van der Waals surface area contributed by atoms with Crippen molar-refractivity contribution >= 4 is 23.7 Å². The van der Waals surface area contributed by atoms with Crippen molar-refractivity contribution in [1.29, 1.82) is 0 Å². The van der Waals surface area contributed by atoms with Gasteiger partial charge in [-0.25, -0.2) is 0 Å². The van der Waals surface area contributed by atoms with E-state index in [1.807, 2.05) is 0 Å². The highest BCUT2D eigenvalue weighted by atomic mass is 16.6. The van der Waals surface area contributed by atoms with Crippen LogP contribution in [-0.2, 0) is 23.9 Å². The van der Waals surface area contributed by atoms with Crippen molar-refractivity contribution in [3.8, 4) is 0 Å². The van der Waals surface area contributed by atoms with Crippen LogP contribution in [0.1, 0.15) is 244 Å². The molecule has 0 aliphatic heterocycles. The van der Waals surface area contributed by atoms with Crippen molar-refractivity contribution in [3.05, 3.63) is 0 Å². The zero-order valence-electron chi connectivity index (χ0n) is 31.7. The van der Waals surface area contributed by atoms with Gasteiger partial charge in [0.25, 0.3) is 0 Å². The molecule has 0 saturated carbocycles. The molecule has 0 heterocycles. The zero-order valence-corrected chi connectivity index (χ0v) is 31.7. The molecule has 282 valence electrons. The quantitative estimate of drug-likeness (QED) is 0.0395. The summed E-state index contributed by atoms with van der Waals surface area (Å²) in [7, 11) is 0. The van der Waals surface area contributed by atoms with Crippen LogP contribution in [0.15, 0.2) is 0 Å². The minimum absolute atomic E-state index is 0.297. The molecule has 0 aromatic heterocycles. The van der Waals surface area contributed by atoms with Crippen LogP contribution in [0, 0.1) is 0 Å². The summed E-state index contributed by atoms with van der Waals surface area (Å²) >= 11 is 0. The highest BCUT2D eigenvalue weighted by Gasteiger charge is 2.10. The molecule has 6 nitrogen and oxygen atoms in total. The molecular weight excluding hydrogens is 600 g/mol. The number of ketones is 1. The van der Waals surface area contributed by atoms with Gasteiger partial charge in [-0.1, -0.05) is 180 Å². The number of aliphatic carboxylic acids is 1. The van der Waals surface area contributed by atoms with Gasteiger partial charge in [-0.3, -0.25) is 19.2 Å². The molecule has 0 unspecified atom stereocenters. The molecule has 0 aliphatic carbocycles. The molecule has 0 spiro atoms. The fourth-order valence-corrected chi connectivity index (χ4v) is 6.48. The lowest BCUT2D eigenvalue weighted by molar-refractivity contribution is -0.159. The smallest absolute Gasteiger partial charge is 0.313 e. The van der Waals surface area contributed by atoms with Crippen LogP contribution in [0.4, 0.5) is 0 Å². The third-order valence-electron chi connectivity index (χ3n) is 9.64. The average molecular weight is 679 g/mol. The summed E-state index contributed by atoms with van der Waals surface area (Å²) < 4.78 is 5.00. The second-order valence-corrected chi connectivity index (χ2v) is 14.5. The maximum absolute atomic E-state index is 12.1. The van der Waals surface area contributed by atoms with E-state index in [1.54, 1.807) is 0 Å². The predicted molar refractivity (Wildman–Crippen MR) is 200 cm³/mol. The fourth-order valence-electron chi connectivity index (χ4n) is 6.48. The predicted octanol–water partition coefficient (Wildman–Crippen LogP) is 13.2. The van der Waals surface area contributed by atoms with Crippen LogP contribution < -0.4 is 0 Å². The van der Waals surface area contributed by atoms with Gasteiger partial charge in [0.2, 0.25) is 0 Å². The van der Waals surface area contributed by atoms with E-state index in [0.717, 1.165) is 83.5 Å². The number of carboxylic acids is 1. The number of hydrogen-bond acceptors (Lipinski definition) is 5. The number of ether oxygens (including phenoxy) is 1. The Labute approximate surface area is 296 Å². The second-order valence-electron chi connectivity index (χ2n) is 14.5. The molecule has 0 atom stereocenters. The van der Waals surface area contributed by atoms with Crippen LogP contribution in [-0.4, -0.2) is 28.8 Å². The Balaban J connectivity index is 3.31. The van der Waals surface area contributed by atoms with E-state index < -0.39 is 5.97 Å². The minimum atomic E-state index is -0.689. The SMILES string of the molecule is CCCCCCCCCCCCCC(=O)OC(=O)CCCCCCCCCCCCCCC(=O)CCCCCCCCCCCC(=O)O. The standard InChI is InChI=1S/C42H78O6/c1-2-3-4-5-6-7-10-17-22-27-32-37-41(46)48-42(47)38-33-28-23-18-12-9-8-11-14-19-24-29-34-39(43)35-30-25-20-15-13-16-21-26-31-36-40(44)45/h2-38H2,1H3,(H,44,45). The van der Waals surface area contributed by atoms with Gasteiger partial charge in [-0.15, -0.1) is 0 Å². The topological polar surface area (TPSA) is 97.7 Å². The van der Waals surface area contributed by atoms with Crippen LogP contribution in [0.2, 0.25) is 0 Å². The Morgan fingerprint density at radius 2 is 0.562 bits per heavy atom. The normalized spacial score (nSPS) is 11.2. The lowest BCUT2D eigenvalue weighted by Crippen LogP contribution is -2.11. The molecule has 0 bridgehead atoms. The minimum Gasteiger partial charge on any atom is -0.481 e. The molecule has 0 aromatic carbocycles. The lowest BCUT2D eigenvalue weighted by Gasteiger charge is -2.05. The Hall–Kier alpha value is -1.72. The van der Waals surface area contributed by atoms with Crippen molar-refractivity contribution in [2.45, 2.75) is 244 Å². The Bertz CT molecular complexity index is 748. The molecule has 0 fully saturated rings. The largest absolute Gasteiger partial charge is 0.481 e. The first kappa shape index (κ1) is 46.3. The maximum atomic E-state index is 12.1. The molecular formula is C42H78O6. The van der Waals surface area contributed by atoms with Crippen molar-refractivity contribution in [3.63, 3.8) is 0 Å². The van der Waals surface area contributed by atoms with Gasteiger partial charge >= 0.3 is 17.9 Å². The first-order chi connectivity index (χ1) is 23.5. The number of esters is 2. The molecule has 6 heteroatoms. The first-order valence-corrected chi connectivity index (χ1v) is 20.9. The third kappa shape index (κ3) is 38.7.